The van der Waals surface area contributed by atoms with Gasteiger partial charge in [-0.05, 0) is 68.0 Å². The number of halogens is 1. The van der Waals surface area contributed by atoms with Crippen LogP contribution in [0.15, 0.2) is 42.5 Å². The van der Waals surface area contributed by atoms with Crippen LogP contribution in [0.4, 0.5) is 0 Å². The van der Waals surface area contributed by atoms with Crippen molar-refractivity contribution in [1.82, 2.24) is 15.1 Å². The summed E-state index contributed by atoms with van der Waals surface area (Å²) in [6, 6.07) is 15.1. The highest BCUT2D eigenvalue weighted by Gasteiger charge is 2.40. The van der Waals surface area contributed by atoms with E-state index in [9.17, 15) is 19.6 Å². The van der Waals surface area contributed by atoms with Crippen LogP contribution in [0, 0.1) is 23.2 Å². The average Bonchev–Trinajstić information content (AvgIpc) is 3.25. The number of nitriles is 1. The van der Waals surface area contributed by atoms with Crippen molar-refractivity contribution < 1.29 is 19.1 Å². The molecule has 2 aromatic rings. The summed E-state index contributed by atoms with van der Waals surface area (Å²) in [5.41, 5.74) is 2.54. The molecule has 0 radical (unpaired) electrons. The minimum Gasteiger partial charge on any atom is -0.493 e. The smallest absolute Gasteiger partial charge is 0.255 e. The van der Waals surface area contributed by atoms with E-state index >= 15 is 0 Å². The summed E-state index contributed by atoms with van der Waals surface area (Å²) in [5.74, 6) is 0.0703. The molecule has 3 atom stereocenters. The third kappa shape index (κ3) is 5.69. The molecule has 3 aliphatic rings. The van der Waals surface area contributed by atoms with Crippen molar-refractivity contribution in [2.24, 2.45) is 11.8 Å². The predicted molar refractivity (Wildman–Crippen MR) is 141 cm³/mol. The number of carbonyl (C=O) groups excluding carboxylic acids is 3. The molecule has 38 heavy (non-hydrogen) atoms. The standard InChI is InChI=1S/C29H31ClN4O4/c30-22-7-5-19(6-8-22)15-21-17-33(13-11-20(21)16-31)12-2-14-38-26-4-1-3-23-24(26)18-34(29(23)37)25-9-10-27(35)32-28(25)36/h1,3-8,20-21,25H,2,9-15,17-18H2,(H,32,35,36). The van der Waals surface area contributed by atoms with E-state index < -0.39 is 11.9 Å². The number of nitrogens with zero attached hydrogens (tertiary/aromatic N) is 3. The molecule has 3 unspecified atom stereocenters. The zero-order chi connectivity index (χ0) is 26.6. The number of amides is 3. The van der Waals surface area contributed by atoms with Crippen LogP contribution in [-0.4, -0.2) is 59.8 Å². The number of carbonyl (C=O) groups is 3. The Morgan fingerprint density at radius 2 is 1.92 bits per heavy atom. The van der Waals surface area contributed by atoms with Crippen LogP contribution in [0.5, 0.6) is 5.75 Å². The first kappa shape index (κ1) is 26.2. The van der Waals surface area contributed by atoms with Gasteiger partial charge < -0.3 is 14.5 Å². The number of benzene rings is 2. The molecule has 0 aliphatic carbocycles. The third-order valence-electron chi connectivity index (χ3n) is 7.81. The van der Waals surface area contributed by atoms with Gasteiger partial charge in [-0.3, -0.25) is 19.7 Å². The summed E-state index contributed by atoms with van der Waals surface area (Å²) in [7, 11) is 0. The van der Waals surface area contributed by atoms with Crippen LogP contribution < -0.4 is 10.1 Å². The molecule has 8 nitrogen and oxygen atoms in total. The van der Waals surface area contributed by atoms with Gasteiger partial charge in [0.15, 0.2) is 0 Å². The maximum absolute atomic E-state index is 13.0. The first-order valence-electron chi connectivity index (χ1n) is 13.2. The lowest BCUT2D eigenvalue weighted by Crippen LogP contribution is -2.52. The van der Waals surface area contributed by atoms with Crippen molar-refractivity contribution in [2.75, 3.05) is 26.2 Å². The fraction of sp³-hybridized carbons (Fsp3) is 0.448. The number of hydrogen-bond donors (Lipinski definition) is 1. The van der Waals surface area contributed by atoms with Gasteiger partial charge in [0.1, 0.15) is 11.8 Å². The summed E-state index contributed by atoms with van der Waals surface area (Å²) in [6.07, 6.45) is 3.10. The molecule has 0 bridgehead atoms. The van der Waals surface area contributed by atoms with Gasteiger partial charge in [0.25, 0.3) is 5.91 Å². The largest absolute Gasteiger partial charge is 0.493 e. The van der Waals surface area contributed by atoms with Crippen molar-refractivity contribution in [3.8, 4) is 11.8 Å². The molecule has 3 amide bonds. The molecule has 1 N–H and O–H groups in total. The second-order valence-corrected chi connectivity index (χ2v) is 10.7. The van der Waals surface area contributed by atoms with Crippen LogP contribution >= 0.6 is 11.6 Å². The molecule has 0 saturated carbocycles. The van der Waals surface area contributed by atoms with Crippen molar-refractivity contribution in [3.05, 3.63) is 64.2 Å². The Balaban J connectivity index is 1.14. The number of rotatable bonds is 8. The molecule has 5 rings (SSSR count). The van der Waals surface area contributed by atoms with Gasteiger partial charge in [-0.1, -0.05) is 29.8 Å². The Morgan fingerprint density at radius 3 is 2.68 bits per heavy atom. The van der Waals surface area contributed by atoms with Crippen molar-refractivity contribution in [2.45, 2.75) is 44.7 Å². The van der Waals surface area contributed by atoms with Crippen LogP contribution in [0.2, 0.25) is 5.02 Å². The quantitative estimate of drug-likeness (QED) is 0.410. The summed E-state index contributed by atoms with van der Waals surface area (Å²) >= 11 is 6.02. The van der Waals surface area contributed by atoms with Crippen molar-refractivity contribution in [1.29, 1.82) is 5.26 Å². The Hall–Kier alpha value is -3.41. The van der Waals surface area contributed by atoms with Crippen molar-refractivity contribution in [3.63, 3.8) is 0 Å². The number of hydrogen-bond acceptors (Lipinski definition) is 6. The van der Waals surface area contributed by atoms with Crippen LogP contribution in [0.3, 0.4) is 0 Å². The summed E-state index contributed by atoms with van der Waals surface area (Å²) < 4.78 is 6.12. The van der Waals surface area contributed by atoms with E-state index in [1.165, 1.54) is 5.56 Å². The molecule has 3 heterocycles. The van der Waals surface area contributed by atoms with Crippen LogP contribution in [0.25, 0.3) is 0 Å². The number of piperidine rings is 2. The molecule has 2 aromatic carbocycles. The van der Waals surface area contributed by atoms with E-state index in [1.807, 2.05) is 30.3 Å². The van der Waals surface area contributed by atoms with E-state index in [4.69, 9.17) is 16.3 Å². The third-order valence-corrected chi connectivity index (χ3v) is 8.06. The zero-order valence-corrected chi connectivity index (χ0v) is 22.0. The fourth-order valence-electron chi connectivity index (χ4n) is 5.77. The zero-order valence-electron chi connectivity index (χ0n) is 21.2. The molecule has 198 valence electrons. The first-order valence-corrected chi connectivity index (χ1v) is 13.6. The Kier molecular flexibility index (Phi) is 7.96. The van der Waals surface area contributed by atoms with Gasteiger partial charge in [-0.15, -0.1) is 0 Å². The summed E-state index contributed by atoms with van der Waals surface area (Å²) in [4.78, 5) is 40.8. The summed E-state index contributed by atoms with van der Waals surface area (Å²) in [5, 5.41) is 12.7. The maximum Gasteiger partial charge on any atom is 0.255 e. The molecule has 2 saturated heterocycles. The first-order chi connectivity index (χ1) is 18.4. The molecule has 2 fully saturated rings. The van der Waals surface area contributed by atoms with E-state index in [1.54, 1.807) is 17.0 Å². The fourth-order valence-corrected chi connectivity index (χ4v) is 5.90. The second kappa shape index (κ2) is 11.5. The lowest BCUT2D eigenvalue weighted by Gasteiger charge is -2.36. The maximum atomic E-state index is 13.0. The van der Waals surface area contributed by atoms with Gasteiger partial charge >= 0.3 is 0 Å². The van der Waals surface area contributed by atoms with E-state index in [0.717, 1.165) is 44.5 Å². The Morgan fingerprint density at radius 1 is 1.11 bits per heavy atom. The van der Waals surface area contributed by atoms with Crippen molar-refractivity contribution >= 4 is 29.3 Å². The van der Waals surface area contributed by atoms with Crippen LogP contribution in [-0.2, 0) is 22.6 Å². The molecule has 3 aliphatic heterocycles. The number of imide groups is 1. The number of nitrogens with one attached hydrogen (secondary N) is 1. The second-order valence-electron chi connectivity index (χ2n) is 10.3. The topological polar surface area (TPSA) is 103 Å². The van der Waals surface area contributed by atoms with Gasteiger partial charge in [-0.2, -0.15) is 5.26 Å². The van der Waals surface area contributed by atoms with Gasteiger partial charge in [0, 0.05) is 35.7 Å². The normalized spacial score (nSPS) is 23.6. The Bertz CT molecular complexity index is 1260. The number of likely N-dealkylation sites (tertiary alicyclic amines) is 1. The van der Waals surface area contributed by atoms with E-state index in [-0.39, 0.29) is 30.1 Å². The minimum atomic E-state index is -0.641. The monoisotopic (exact) mass is 534 g/mol. The molecule has 9 heteroatoms. The molecular weight excluding hydrogens is 504 g/mol. The van der Waals surface area contributed by atoms with Crippen LogP contribution in [0.1, 0.15) is 47.2 Å². The average molecular weight is 535 g/mol. The minimum absolute atomic E-state index is 0.0509. The number of fused-ring (bicyclic) bond motifs is 1. The van der Waals surface area contributed by atoms with Gasteiger partial charge in [0.05, 0.1) is 25.1 Å². The van der Waals surface area contributed by atoms with Gasteiger partial charge in [0.2, 0.25) is 11.8 Å². The lowest BCUT2D eigenvalue weighted by molar-refractivity contribution is -0.136. The molecule has 0 spiro atoms. The SMILES string of the molecule is N#CC1CCN(CCCOc2cccc3c2CN(C2CCC(=O)NC2=O)C3=O)CC1Cc1ccc(Cl)cc1. The highest BCUT2D eigenvalue weighted by Crippen LogP contribution is 2.34. The van der Waals surface area contributed by atoms with E-state index in [0.29, 0.717) is 35.9 Å². The molecule has 0 aromatic heterocycles. The van der Waals surface area contributed by atoms with E-state index in [2.05, 4.69) is 16.3 Å². The Labute approximate surface area is 227 Å². The lowest BCUT2D eigenvalue weighted by atomic mass is 9.82. The highest BCUT2D eigenvalue weighted by molar-refractivity contribution is 6.30. The number of ether oxygens (including phenoxy) is 1. The summed E-state index contributed by atoms with van der Waals surface area (Å²) in [6.45, 7) is 3.43. The molecular formula is C29H31ClN4O4. The highest BCUT2D eigenvalue weighted by atomic mass is 35.5. The van der Waals surface area contributed by atoms with Gasteiger partial charge in [-0.25, -0.2) is 0 Å². The predicted octanol–water partition coefficient (Wildman–Crippen LogP) is 3.57.